The molecule has 2 heterocycles. The lowest BCUT2D eigenvalue weighted by molar-refractivity contribution is -0.117. The summed E-state index contributed by atoms with van der Waals surface area (Å²) in [6, 6.07) is 14.2. The Morgan fingerprint density at radius 2 is 2.00 bits per heavy atom. The summed E-state index contributed by atoms with van der Waals surface area (Å²) in [6.45, 7) is 2.43. The van der Waals surface area contributed by atoms with Crippen molar-refractivity contribution < 1.29 is 4.79 Å². The summed E-state index contributed by atoms with van der Waals surface area (Å²) in [4.78, 5) is 18.5. The van der Waals surface area contributed by atoms with Crippen molar-refractivity contribution in [2.24, 2.45) is 0 Å². The zero-order valence-corrected chi connectivity index (χ0v) is 11.9. The molecule has 0 amide bonds. The second kappa shape index (κ2) is 6.46. The van der Waals surface area contributed by atoms with E-state index in [1.165, 1.54) is 5.56 Å². The van der Waals surface area contributed by atoms with Crippen LogP contribution in [0.2, 0.25) is 0 Å². The van der Waals surface area contributed by atoms with E-state index in [0.29, 0.717) is 13.0 Å². The van der Waals surface area contributed by atoms with Gasteiger partial charge in [0.15, 0.2) is 5.78 Å². The van der Waals surface area contributed by atoms with Crippen molar-refractivity contribution in [3.63, 3.8) is 0 Å². The SMILES string of the molecule is O=C1CCN(Cc2ccccc2)C/C1=C\c1cccnc1. The Morgan fingerprint density at radius 3 is 2.76 bits per heavy atom. The van der Waals surface area contributed by atoms with Crippen LogP contribution in [0.25, 0.3) is 6.08 Å². The van der Waals surface area contributed by atoms with Crippen molar-refractivity contribution >= 4 is 11.9 Å². The number of Topliss-reactive ketones (excluding diaryl/α,β-unsaturated/α-hetero) is 1. The summed E-state index contributed by atoms with van der Waals surface area (Å²) in [7, 11) is 0. The zero-order chi connectivity index (χ0) is 14.5. The smallest absolute Gasteiger partial charge is 0.161 e. The third kappa shape index (κ3) is 3.64. The Balaban J connectivity index is 1.73. The Bertz CT molecular complexity index is 635. The fourth-order valence-electron chi connectivity index (χ4n) is 2.59. The first kappa shape index (κ1) is 13.7. The molecule has 3 nitrogen and oxygen atoms in total. The predicted molar refractivity (Wildman–Crippen MR) is 83.6 cm³/mol. The van der Waals surface area contributed by atoms with Gasteiger partial charge in [-0.3, -0.25) is 14.7 Å². The summed E-state index contributed by atoms with van der Waals surface area (Å²) >= 11 is 0. The van der Waals surface area contributed by atoms with Crippen molar-refractivity contribution in [2.45, 2.75) is 13.0 Å². The van der Waals surface area contributed by atoms with Gasteiger partial charge in [0, 0.05) is 44.0 Å². The maximum absolute atomic E-state index is 12.1. The molecule has 0 spiro atoms. The minimum absolute atomic E-state index is 0.253. The van der Waals surface area contributed by atoms with E-state index in [0.717, 1.165) is 24.2 Å². The van der Waals surface area contributed by atoms with Crippen LogP contribution in [-0.2, 0) is 11.3 Å². The lowest BCUT2D eigenvalue weighted by Gasteiger charge is -2.27. The van der Waals surface area contributed by atoms with Crippen LogP contribution in [0.15, 0.2) is 60.4 Å². The van der Waals surface area contributed by atoms with Crippen LogP contribution in [0.3, 0.4) is 0 Å². The summed E-state index contributed by atoms with van der Waals surface area (Å²) in [5.74, 6) is 0.253. The number of ketones is 1. The van der Waals surface area contributed by atoms with Crippen molar-refractivity contribution in [1.82, 2.24) is 9.88 Å². The van der Waals surface area contributed by atoms with Crippen molar-refractivity contribution in [3.05, 3.63) is 71.6 Å². The summed E-state index contributed by atoms with van der Waals surface area (Å²) in [6.07, 6.45) is 6.09. The number of benzene rings is 1. The van der Waals surface area contributed by atoms with Crippen LogP contribution in [-0.4, -0.2) is 28.8 Å². The highest BCUT2D eigenvalue weighted by molar-refractivity contribution is 6.00. The van der Waals surface area contributed by atoms with E-state index in [-0.39, 0.29) is 5.78 Å². The molecule has 1 aromatic heterocycles. The fraction of sp³-hybridized carbons (Fsp3) is 0.222. The average molecular weight is 278 g/mol. The molecule has 1 aliphatic rings. The van der Waals surface area contributed by atoms with Crippen molar-refractivity contribution in [3.8, 4) is 0 Å². The highest BCUT2D eigenvalue weighted by atomic mass is 16.1. The van der Waals surface area contributed by atoms with Gasteiger partial charge in [-0.05, 0) is 23.3 Å². The largest absolute Gasteiger partial charge is 0.294 e. The van der Waals surface area contributed by atoms with Gasteiger partial charge in [-0.15, -0.1) is 0 Å². The van der Waals surface area contributed by atoms with Gasteiger partial charge in [-0.25, -0.2) is 0 Å². The van der Waals surface area contributed by atoms with Crippen LogP contribution in [0.4, 0.5) is 0 Å². The number of pyridine rings is 1. The van der Waals surface area contributed by atoms with E-state index in [1.54, 1.807) is 12.4 Å². The molecule has 0 aliphatic carbocycles. The molecule has 2 aromatic rings. The first-order valence-electron chi connectivity index (χ1n) is 7.21. The molecule has 3 rings (SSSR count). The molecule has 106 valence electrons. The molecule has 3 heteroatoms. The van der Waals surface area contributed by atoms with Gasteiger partial charge in [0.25, 0.3) is 0 Å². The number of likely N-dealkylation sites (tertiary alicyclic amines) is 1. The van der Waals surface area contributed by atoms with E-state index in [1.807, 2.05) is 24.3 Å². The maximum Gasteiger partial charge on any atom is 0.161 e. The highest BCUT2D eigenvalue weighted by Crippen LogP contribution is 2.17. The lowest BCUT2D eigenvalue weighted by atomic mass is 10.0. The fourth-order valence-corrected chi connectivity index (χ4v) is 2.59. The molecule has 1 fully saturated rings. The molecule has 1 aromatic carbocycles. The Kier molecular flexibility index (Phi) is 4.22. The molecule has 0 bridgehead atoms. The van der Waals surface area contributed by atoms with Gasteiger partial charge in [-0.1, -0.05) is 36.4 Å². The zero-order valence-electron chi connectivity index (χ0n) is 11.9. The van der Waals surface area contributed by atoms with Gasteiger partial charge < -0.3 is 0 Å². The number of hydrogen-bond donors (Lipinski definition) is 0. The number of rotatable bonds is 3. The first-order chi connectivity index (χ1) is 10.3. The molecule has 1 aliphatic heterocycles. The monoisotopic (exact) mass is 278 g/mol. The second-order valence-corrected chi connectivity index (χ2v) is 5.33. The molecule has 1 saturated heterocycles. The normalized spacial score (nSPS) is 18.1. The number of carbonyl (C=O) groups excluding carboxylic acids is 1. The van der Waals surface area contributed by atoms with Crippen molar-refractivity contribution in [1.29, 1.82) is 0 Å². The summed E-state index contributed by atoms with van der Waals surface area (Å²) in [5, 5.41) is 0. The van der Waals surface area contributed by atoms with Crippen LogP contribution >= 0.6 is 0 Å². The standard InChI is InChI=1S/C18H18N2O/c21-18-8-10-20(13-15-5-2-1-3-6-15)14-17(18)11-16-7-4-9-19-12-16/h1-7,9,11-12H,8,10,13-14H2/b17-11+. The molecule has 21 heavy (non-hydrogen) atoms. The number of aromatic nitrogens is 1. The van der Waals surface area contributed by atoms with Crippen LogP contribution in [0.1, 0.15) is 17.5 Å². The second-order valence-electron chi connectivity index (χ2n) is 5.33. The minimum atomic E-state index is 0.253. The third-order valence-corrected chi connectivity index (χ3v) is 3.68. The molecule has 0 atom stereocenters. The number of hydrogen-bond acceptors (Lipinski definition) is 3. The summed E-state index contributed by atoms with van der Waals surface area (Å²) < 4.78 is 0. The average Bonchev–Trinajstić information content (AvgIpc) is 2.53. The predicted octanol–water partition coefficient (Wildman–Crippen LogP) is 2.94. The minimum Gasteiger partial charge on any atom is -0.294 e. The van der Waals surface area contributed by atoms with Crippen molar-refractivity contribution in [2.75, 3.05) is 13.1 Å². The Hall–Kier alpha value is -2.26. The summed E-state index contributed by atoms with van der Waals surface area (Å²) in [5.41, 5.74) is 3.15. The van der Waals surface area contributed by atoms with Crippen LogP contribution < -0.4 is 0 Å². The van der Waals surface area contributed by atoms with E-state index in [4.69, 9.17) is 0 Å². The quantitative estimate of drug-likeness (QED) is 0.809. The lowest BCUT2D eigenvalue weighted by Crippen LogP contribution is -2.35. The number of carbonyl (C=O) groups is 1. The highest BCUT2D eigenvalue weighted by Gasteiger charge is 2.21. The molecular formula is C18H18N2O. The third-order valence-electron chi connectivity index (χ3n) is 3.68. The van der Waals surface area contributed by atoms with Crippen LogP contribution in [0, 0.1) is 0 Å². The molecule has 0 saturated carbocycles. The van der Waals surface area contributed by atoms with Gasteiger partial charge in [0.1, 0.15) is 0 Å². The number of piperidine rings is 1. The van der Waals surface area contributed by atoms with Gasteiger partial charge in [-0.2, -0.15) is 0 Å². The van der Waals surface area contributed by atoms with Gasteiger partial charge in [0.05, 0.1) is 0 Å². The molecule has 0 unspecified atom stereocenters. The molecule has 0 N–H and O–H groups in total. The van der Waals surface area contributed by atoms with Gasteiger partial charge >= 0.3 is 0 Å². The number of nitrogens with zero attached hydrogens (tertiary/aromatic N) is 2. The van der Waals surface area contributed by atoms with E-state index in [2.05, 4.69) is 34.1 Å². The molecular weight excluding hydrogens is 260 g/mol. The van der Waals surface area contributed by atoms with E-state index < -0.39 is 0 Å². The van der Waals surface area contributed by atoms with Crippen LogP contribution in [0.5, 0.6) is 0 Å². The van der Waals surface area contributed by atoms with Gasteiger partial charge in [0.2, 0.25) is 0 Å². The molecule has 0 radical (unpaired) electrons. The maximum atomic E-state index is 12.1. The van der Waals surface area contributed by atoms with E-state index in [9.17, 15) is 4.79 Å². The topological polar surface area (TPSA) is 33.2 Å². The Labute approximate surface area is 124 Å². The van der Waals surface area contributed by atoms with E-state index >= 15 is 0 Å². The Morgan fingerprint density at radius 1 is 1.14 bits per heavy atom. The first-order valence-corrected chi connectivity index (χ1v) is 7.21.